The fourth-order valence-corrected chi connectivity index (χ4v) is 1.08. The van der Waals surface area contributed by atoms with Gasteiger partial charge in [-0.2, -0.15) is 0 Å². The third-order valence-electron chi connectivity index (χ3n) is 1.62. The molecule has 0 bridgehead atoms. The first kappa shape index (κ1) is 6.23. The molecule has 1 radical (unpaired) electrons. The van der Waals surface area contributed by atoms with Gasteiger partial charge in [-0.25, -0.2) is 0 Å². The Bertz CT molecular complexity index is 310. The molecule has 1 nitrogen and oxygen atoms in total. The van der Waals surface area contributed by atoms with E-state index in [1.165, 1.54) is 5.56 Å². The fourth-order valence-electron chi connectivity index (χ4n) is 1.08. The van der Waals surface area contributed by atoms with E-state index in [0.717, 1.165) is 5.69 Å². The molecule has 2 rings (SSSR count). The van der Waals surface area contributed by atoms with Crippen LogP contribution in [-0.2, 0) is 0 Å². The van der Waals surface area contributed by atoms with Gasteiger partial charge in [-0.05, 0) is 17.7 Å². The summed E-state index contributed by atoms with van der Waals surface area (Å²) < 4.78 is 0. The van der Waals surface area contributed by atoms with E-state index in [4.69, 9.17) is 0 Å². The molecule has 0 unspecified atom stereocenters. The van der Waals surface area contributed by atoms with Gasteiger partial charge in [0.25, 0.3) is 0 Å². The van der Waals surface area contributed by atoms with Crippen molar-refractivity contribution in [2.75, 3.05) is 5.32 Å². The van der Waals surface area contributed by atoms with Gasteiger partial charge in [0.2, 0.25) is 0 Å². The van der Waals surface area contributed by atoms with Gasteiger partial charge < -0.3 is 5.32 Å². The summed E-state index contributed by atoms with van der Waals surface area (Å²) in [4.78, 5) is 0. The van der Waals surface area contributed by atoms with Crippen LogP contribution >= 0.6 is 0 Å². The van der Waals surface area contributed by atoms with Crippen molar-refractivity contribution in [1.82, 2.24) is 0 Å². The molecule has 1 heteroatoms. The second-order valence-electron chi connectivity index (χ2n) is 2.38. The smallest absolute Gasteiger partial charge is 0.0623 e. The van der Waals surface area contributed by atoms with Crippen LogP contribution in [0.5, 0.6) is 0 Å². The Morgan fingerprint density at radius 1 is 1.18 bits per heavy atom. The van der Waals surface area contributed by atoms with E-state index in [1.54, 1.807) is 0 Å². The van der Waals surface area contributed by atoms with Crippen molar-refractivity contribution in [2.24, 2.45) is 0 Å². The number of nitrogens with one attached hydrogen (secondary N) is 1. The lowest BCUT2D eigenvalue weighted by molar-refractivity contribution is 1.54. The van der Waals surface area contributed by atoms with Gasteiger partial charge in [-0.3, -0.25) is 0 Å². The van der Waals surface area contributed by atoms with Gasteiger partial charge in [-0.1, -0.05) is 30.4 Å². The molecule has 0 amide bonds. The van der Waals surface area contributed by atoms with Gasteiger partial charge in [0.15, 0.2) is 0 Å². The van der Waals surface area contributed by atoms with Crippen molar-refractivity contribution < 1.29 is 0 Å². The first-order chi connectivity index (χ1) is 5.47. The van der Waals surface area contributed by atoms with Gasteiger partial charge in [0.1, 0.15) is 0 Å². The normalized spacial score (nSPS) is 13.5. The van der Waals surface area contributed by atoms with Crippen molar-refractivity contribution in [3.05, 3.63) is 48.2 Å². The summed E-state index contributed by atoms with van der Waals surface area (Å²) in [6.07, 6.45) is 8.83. The largest absolute Gasteiger partial charge is 0.353 e. The molecule has 1 heterocycles. The number of allylic oxidation sites excluding steroid dienone is 2. The van der Waals surface area contributed by atoms with Crippen molar-refractivity contribution in [2.45, 2.75) is 0 Å². The molecule has 0 saturated carbocycles. The lowest BCUT2D eigenvalue weighted by Crippen LogP contribution is -1.88. The van der Waals surface area contributed by atoms with E-state index in [9.17, 15) is 0 Å². The summed E-state index contributed by atoms with van der Waals surface area (Å²) in [6.45, 7) is 0. The third-order valence-corrected chi connectivity index (χ3v) is 1.62. The molecule has 1 aliphatic heterocycles. The highest BCUT2D eigenvalue weighted by molar-refractivity contribution is 5.68. The summed E-state index contributed by atoms with van der Waals surface area (Å²) in [6, 6.07) is 8.13. The zero-order valence-electron chi connectivity index (χ0n) is 6.04. The molecule has 0 aliphatic carbocycles. The van der Waals surface area contributed by atoms with E-state index < -0.39 is 0 Å². The number of anilines is 1. The predicted octanol–water partition coefficient (Wildman–Crippen LogP) is 2.44. The van der Waals surface area contributed by atoms with Crippen molar-refractivity contribution in [1.29, 1.82) is 0 Å². The second kappa shape index (κ2) is 2.62. The molecule has 11 heavy (non-hydrogen) atoms. The number of fused-ring (bicyclic) bond motifs is 1. The molecule has 0 spiro atoms. The fraction of sp³-hybridized carbons (Fsp3) is 0. The van der Waals surface area contributed by atoms with Gasteiger partial charge >= 0.3 is 0 Å². The number of hydrogen-bond acceptors (Lipinski definition) is 1. The third kappa shape index (κ3) is 1.17. The number of hydrogen-bond donors (Lipinski definition) is 1. The minimum absolute atomic E-state index is 1.11. The zero-order valence-corrected chi connectivity index (χ0v) is 6.04. The second-order valence-corrected chi connectivity index (χ2v) is 2.38. The summed E-state index contributed by atoms with van der Waals surface area (Å²) in [5.74, 6) is 0. The van der Waals surface area contributed by atoms with Crippen LogP contribution in [0.2, 0.25) is 0 Å². The van der Waals surface area contributed by atoms with Crippen LogP contribution in [0.25, 0.3) is 6.08 Å². The molecule has 53 valence electrons. The highest BCUT2D eigenvalue weighted by Gasteiger charge is 1.96. The lowest BCUT2D eigenvalue weighted by atomic mass is 10.2. The average Bonchev–Trinajstić information content (AvgIpc) is 2.28. The van der Waals surface area contributed by atoms with E-state index in [0.29, 0.717) is 0 Å². The average molecular weight is 142 g/mol. The Morgan fingerprint density at radius 2 is 2.09 bits per heavy atom. The molecule has 1 aromatic rings. The standard InChI is InChI=1S/C10H8N/c1-2-7-10-9(5-1)6-3-4-8-11-10/h1-7,11H. The summed E-state index contributed by atoms with van der Waals surface area (Å²) in [5, 5.41) is 3.06. The number of rotatable bonds is 0. The van der Waals surface area contributed by atoms with Crippen LogP contribution < -0.4 is 5.32 Å². The van der Waals surface area contributed by atoms with Crippen LogP contribution in [-0.4, -0.2) is 0 Å². The van der Waals surface area contributed by atoms with Crippen LogP contribution in [0.1, 0.15) is 5.56 Å². The van der Waals surface area contributed by atoms with E-state index >= 15 is 0 Å². The first-order valence-corrected chi connectivity index (χ1v) is 3.57. The molecular weight excluding hydrogens is 134 g/mol. The highest BCUT2D eigenvalue weighted by atomic mass is 14.8. The van der Waals surface area contributed by atoms with Crippen molar-refractivity contribution in [3.8, 4) is 0 Å². The summed E-state index contributed by atoms with van der Waals surface area (Å²) in [5.41, 5.74) is 2.31. The van der Waals surface area contributed by atoms with E-state index in [-0.39, 0.29) is 0 Å². The maximum atomic E-state index is 3.06. The van der Waals surface area contributed by atoms with Crippen LogP contribution in [0.3, 0.4) is 0 Å². The minimum Gasteiger partial charge on any atom is -0.353 e. The summed E-state index contributed by atoms with van der Waals surface area (Å²) in [7, 11) is 0. The van der Waals surface area contributed by atoms with E-state index in [1.807, 2.05) is 30.4 Å². The van der Waals surface area contributed by atoms with Crippen LogP contribution in [0.15, 0.2) is 36.4 Å². The van der Waals surface area contributed by atoms with Crippen molar-refractivity contribution >= 4 is 11.8 Å². The number of para-hydroxylation sites is 1. The van der Waals surface area contributed by atoms with Gasteiger partial charge in [0, 0.05) is 5.69 Å². The lowest BCUT2D eigenvalue weighted by Gasteiger charge is -2.01. The molecular formula is C10H8N. The minimum atomic E-state index is 1.11. The zero-order chi connectivity index (χ0) is 7.52. The Morgan fingerprint density at radius 3 is 3.09 bits per heavy atom. The Balaban J connectivity index is 2.52. The van der Waals surface area contributed by atoms with Gasteiger partial charge in [0.05, 0.1) is 6.20 Å². The predicted molar refractivity (Wildman–Crippen MR) is 46.9 cm³/mol. The topological polar surface area (TPSA) is 12.0 Å². The molecule has 0 saturated heterocycles. The van der Waals surface area contributed by atoms with E-state index in [2.05, 4.69) is 23.7 Å². The highest BCUT2D eigenvalue weighted by Crippen LogP contribution is 2.17. The van der Waals surface area contributed by atoms with Crippen molar-refractivity contribution in [3.63, 3.8) is 0 Å². The Kier molecular flexibility index (Phi) is 1.48. The Labute approximate surface area is 66.1 Å². The molecule has 1 aromatic carbocycles. The molecule has 0 atom stereocenters. The maximum absolute atomic E-state index is 3.06. The van der Waals surface area contributed by atoms with Gasteiger partial charge in [-0.15, -0.1) is 0 Å². The monoisotopic (exact) mass is 142 g/mol. The quantitative estimate of drug-likeness (QED) is 0.586. The molecule has 0 aromatic heterocycles. The molecule has 1 aliphatic rings. The molecule has 0 fully saturated rings. The number of benzene rings is 1. The first-order valence-electron chi connectivity index (χ1n) is 3.57. The Hall–Kier alpha value is -1.50. The maximum Gasteiger partial charge on any atom is 0.0623 e. The van der Waals surface area contributed by atoms with Crippen LogP contribution in [0.4, 0.5) is 5.69 Å². The van der Waals surface area contributed by atoms with Crippen LogP contribution in [0, 0.1) is 6.20 Å². The summed E-state index contributed by atoms with van der Waals surface area (Å²) >= 11 is 0. The SMILES string of the molecule is [C]1=CC=Cc2ccccc2N1. The molecule has 1 N–H and O–H groups in total.